The molecule has 0 radical (unpaired) electrons. The molecule has 3 heteroatoms. The van der Waals surface area contributed by atoms with Crippen molar-refractivity contribution in [1.82, 2.24) is 10.3 Å². The summed E-state index contributed by atoms with van der Waals surface area (Å²) >= 11 is 0. The summed E-state index contributed by atoms with van der Waals surface area (Å²) in [4.78, 5) is 4.09. The summed E-state index contributed by atoms with van der Waals surface area (Å²) in [5.74, 6) is 0. The van der Waals surface area contributed by atoms with Crippen LogP contribution in [-0.4, -0.2) is 23.2 Å². The van der Waals surface area contributed by atoms with Crippen molar-refractivity contribution in [3.05, 3.63) is 29.6 Å². The molecule has 0 unspecified atom stereocenters. The number of nitrogens with one attached hydrogen (secondary N) is 1. The fraction of sp³-hybridized carbons (Fsp3) is 0.500. The van der Waals surface area contributed by atoms with Gasteiger partial charge in [0.2, 0.25) is 0 Å². The number of aromatic nitrogens is 1. The van der Waals surface area contributed by atoms with Gasteiger partial charge in [0, 0.05) is 24.5 Å². The van der Waals surface area contributed by atoms with E-state index in [0.717, 1.165) is 24.1 Å². The second-order valence-corrected chi connectivity index (χ2v) is 3.71. The summed E-state index contributed by atoms with van der Waals surface area (Å²) in [6.07, 6.45) is 4.33. The lowest BCUT2D eigenvalue weighted by atomic mass is 9.94. The minimum atomic E-state index is -0.695. The summed E-state index contributed by atoms with van der Waals surface area (Å²) in [5, 5.41) is 13.3. The Labute approximate surface area is 77.8 Å². The van der Waals surface area contributed by atoms with E-state index in [4.69, 9.17) is 0 Å². The fourth-order valence-corrected chi connectivity index (χ4v) is 1.73. The lowest BCUT2D eigenvalue weighted by Gasteiger charge is -2.21. The van der Waals surface area contributed by atoms with Crippen molar-refractivity contribution in [2.75, 3.05) is 13.1 Å². The molecule has 3 nitrogen and oxygen atoms in total. The summed E-state index contributed by atoms with van der Waals surface area (Å²) in [7, 11) is 0. The van der Waals surface area contributed by atoms with E-state index < -0.39 is 5.60 Å². The summed E-state index contributed by atoms with van der Waals surface area (Å²) in [6, 6.07) is 2.00. The lowest BCUT2D eigenvalue weighted by molar-refractivity contribution is 0.0583. The van der Waals surface area contributed by atoms with Crippen LogP contribution >= 0.6 is 0 Å². The minimum Gasteiger partial charge on any atom is -0.384 e. The molecule has 1 atom stereocenters. The van der Waals surface area contributed by atoms with Gasteiger partial charge >= 0.3 is 0 Å². The quantitative estimate of drug-likeness (QED) is 0.661. The second-order valence-electron chi connectivity index (χ2n) is 3.71. The Morgan fingerprint density at radius 3 is 3.00 bits per heavy atom. The molecule has 0 aromatic carbocycles. The van der Waals surface area contributed by atoms with Crippen LogP contribution in [0.4, 0.5) is 0 Å². The summed E-state index contributed by atoms with van der Waals surface area (Å²) in [6.45, 7) is 3.50. The van der Waals surface area contributed by atoms with Gasteiger partial charge in [0.05, 0.1) is 0 Å². The highest BCUT2D eigenvalue weighted by atomic mass is 16.3. The van der Waals surface area contributed by atoms with Gasteiger partial charge in [-0.1, -0.05) is 6.07 Å². The van der Waals surface area contributed by atoms with Crippen molar-refractivity contribution in [3.63, 3.8) is 0 Å². The average molecular weight is 178 g/mol. The molecule has 1 saturated heterocycles. The van der Waals surface area contributed by atoms with E-state index in [0.29, 0.717) is 6.54 Å². The van der Waals surface area contributed by atoms with Crippen LogP contribution in [0, 0.1) is 6.92 Å². The van der Waals surface area contributed by atoms with E-state index >= 15 is 0 Å². The first kappa shape index (κ1) is 8.66. The van der Waals surface area contributed by atoms with Crippen molar-refractivity contribution >= 4 is 0 Å². The zero-order chi connectivity index (χ0) is 9.31. The first-order valence-electron chi connectivity index (χ1n) is 4.56. The molecule has 2 N–H and O–H groups in total. The van der Waals surface area contributed by atoms with E-state index in [1.165, 1.54) is 0 Å². The molecule has 0 aliphatic carbocycles. The molecular formula is C10H14N2O. The normalized spacial score (nSPS) is 27.8. The van der Waals surface area contributed by atoms with Gasteiger partial charge in [0.1, 0.15) is 5.60 Å². The largest absolute Gasteiger partial charge is 0.384 e. The van der Waals surface area contributed by atoms with Crippen molar-refractivity contribution < 1.29 is 5.11 Å². The van der Waals surface area contributed by atoms with Gasteiger partial charge in [-0.2, -0.15) is 0 Å². The molecule has 2 heterocycles. The molecule has 1 aromatic rings. The van der Waals surface area contributed by atoms with E-state index in [-0.39, 0.29) is 0 Å². The summed E-state index contributed by atoms with van der Waals surface area (Å²) in [5.41, 5.74) is 1.33. The maximum absolute atomic E-state index is 10.2. The van der Waals surface area contributed by atoms with E-state index in [1.807, 2.05) is 13.0 Å². The van der Waals surface area contributed by atoms with Crippen molar-refractivity contribution in [3.8, 4) is 0 Å². The standard InChI is InChI=1S/C10H14N2O/c1-8-4-9(6-12-5-8)10(13)2-3-11-7-10/h4-6,11,13H,2-3,7H2,1H3/t10-/m0/s1. The molecule has 13 heavy (non-hydrogen) atoms. The Bertz CT molecular complexity index is 306. The fourth-order valence-electron chi connectivity index (χ4n) is 1.73. The highest BCUT2D eigenvalue weighted by molar-refractivity contribution is 5.24. The monoisotopic (exact) mass is 178 g/mol. The van der Waals surface area contributed by atoms with Gasteiger partial charge in [0.25, 0.3) is 0 Å². The molecular weight excluding hydrogens is 164 g/mol. The Kier molecular flexibility index (Phi) is 2.06. The van der Waals surface area contributed by atoms with Gasteiger partial charge in [-0.25, -0.2) is 0 Å². The topological polar surface area (TPSA) is 45.2 Å². The second kappa shape index (κ2) is 3.09. The maximum Gasteiger partial charge on any atom is 0.105 e. The lowest BCUT2D eigenvalue weighted by Crippen LogP contribution is -2.28. The number of pyridine rings is 1. The molecule has 1 fully saturated rings. The van der Waals surface area contributed by atoms with Gasteiger partial charge in [-0.15, -0.1) is 0 Å². The first-order chi connectivity index (χ1) is 6.21. The van der Waals surface area contributed by atoms with Gasteiger partial charge in [-0.05, 0) is 25.5 Å². The highest BCUT2D eigenvalue weighted by Crippen LogP contribution is 2.27. The van der Waals surface area contributed by atoms with E-state index in [2.05, 4.69) is 10.3 Å². The number of hydrogen-bond donors (Lipinski definition) is 2. The molecule has 1 aliphatic rings. The number of hydrogen-bond acceptors (Lipinski definition) is 3. The third kappa shape index (κ3) is 1.57. The van der Waals surface area contributed by atoms with E-state index in [9.17, 15) is 5.11 Å². The molecule has 0 bridgehead atoms. The predicted molar refractivity (Wildman–Crippen MR) is 50.4 cm³/mol. The Morgan fingerprint density at radius 1 is 1.54 bits per heavy atom. The zero-order valence-electron chi connectivity index (χ0n) is 7.75. The molecule has 2 rings (SSSR count). The van der Waals surface area contributed by atoms with Crippen LogP contribution in [0.3, 0.4) is 0 Å². The SMILES string of the molecule is Cc1cncc([C@]2(O)CCNC2)c1. The molecule has 0 amide bonds. The van der Waals surface area contributed by atoms with Gasteiger partial charge < -0.3 is 10.4 Å². The van der Waals surface area contributed by atoms with Crippen molar-refractivity contribution in [2.24, 2.45) is 0 Å². The molecule has 1 aliphatic heterocycles. The number of nitrogens with zero attached hydrogens (tertiary/aromatic N) is 1. The Hall–Kier alpha value is -0.930. The smallest absolute Gasteiger partial charge is 0.105 e. The molecule has 1 aromatic heterocycles. The molecule has 0 spiro atoms. The number of rotatable bonds is 1. The third-order valence-corrected chi connectivity index (χ3v) is 2.55. The van der Waals surface area contributed by atoms with Gasteiger partial charge in [0.15, 0.2) is 0 Å². The van der Waals surface area contributed by atoms with Crippen LogP contribution in [-0.2, 0) is 5.60 Å². The Balaban J connectivity index is 2.33. The maximum atomic E-state index is 10.2. The summed E-state index contributed by atoms with van der Waals surface area (Å²) < 4.78 is 0. The van der Waals surface area contributed by atoms with E-state index in [1.54, 1.807) is 12.4 Å². The van der Waals surface area contributed by atoms with Crippen LogP contribution in [0.15, 0.2) is 18.5 Å². The van der Waals surface area contributed by atoms with Gasteiger partial charge in [-0.3, -0.25) is 4.98 Å². The van der Waals surface area contributed by atoms with Crippen molar-refractivity contribution in [2.45, 2.75) is 18.9 Å². The van der Waals surface area contributed by atoms with Crippen LogP contribution < -0.4 is 5.32 Å². The molecule has 0 saturated carbocycles. The predicted octanol–water partition coefficient (Wildman–Crippen LogP) is 0.571. The van der Waals surface area contributed by atoms with Crippen LogP contribution in [0.5, 0.6) is 0 Å². The third-order valence-electron chi connectivity index (χ3n) is 2.55. The van der Waals surface area contributed by atoms with Crippen LogP contribution in [0.1, 0.15) is 17.5 Å². The number of aryl methyl sites for hydroxylation is 1. The average Bonchev–Trinajstić information content (AvgIpc) is 2.54. The first-order valence-corrected chi connectivity index (χ1v) is 4.56. The number of β-amino-alcohol motifs (C(OH)–C–C–N with tert-alkyl or cyclic N) is 1. The molecule has 70 valence electrons. The van der Waals surface area contributed by atoms with Crippen LogP contribution in [0.2, 0.25) is 0 Å². The minimum absolute atomic E-state index is 0.637. The number of aliphatic hydroxyl groups is 1. The highest BCUT2D eigenvalue weighted by Gasteiger charge is 2.33. The Morgan fingerprint density at radius 2 is 2.38 bits per heavy atom. The zero-order valence-corrected chi connectivity index (χ0v) is 7.75. The van der Waals surface area contributed by atoms with Crippen LogP contribution in [0.25, 0.3) is 0 Å². The van der Waals surface area contributed by atoms with Crippen molar-refractivity contribution in [1.29, 1.82) is 0 Å².